The second-order valence-electron chi connectivity index (χ2n) is 14.7. The van der Waals surface area contributed by atoms with Gasteiger partial charge in [0.1, 0.15) is 18.3 Å². The lowest BCUT2D eigenvalue weighted by atomic mass is 9.45. The van der Waals surface area contributed by atoms with Crippen LogP contribution in [0.5, 0.6) is 0 Å². The Kier molecular flexibility index (Phi) is 6.52. The van der Waals surface area contributed by atoms with Crippen molar-refractivity contribution in [2.75, 3.05) is 0 Å². The average molecular weight is 571 g/mol. The Morgan fingerprint density at radius 2 is 1.73 bits per heavy atom. The quantitative estimate of drug-likeness (QED) is 0.499. The largest absolute Gasteiger partial charge is 0.431 e. The summed E-state index contributed by atoms with van der Waals surface area (Å²) >= 11 is 0. The van der Waals surface area contributed by atoms with Gasteiger partial charge in [-0.05, 0) is 107 Å². The fraction of sp³-hybridized carbons (Fsp3) is 0.788. The van der Waals surface area contributed by atoms with E-state index in [0.29, 0.717) is 5.92 Å². The maximum atomic E-state index is 12.5. The van der Waals surface area contributed by atoms with Gasteiger partial charge in [-0.1, -0.05) is 25.5 Å². The topological polar surface area (TPSA) is 108 Å². The summed E-state index contributed by atoms with van der Waals surface area (Å²) in [5.74, 6) is 0.0689. The standard InChI is InChI=1S/C33H46O8/c1-18-26(35)27-28(41-30(2,3)40-27)29(38-18)39-21-10-13-31(4)20(16-21)7-8-24-23(31)11-14-32(5)22(12-15-33(24,32)36)19-6-9-25(34)37-17-19/h6,9,16-18,21-24,26-29,35-36H,7-8,10-15H2,1-5H3/t18-,21-,22+,23-,24+,26-,27+,28+,29-,31-,32+,33-/m0/s1. The van der Waals surface area contributed by atoms with Crippen LogP contribution in [-0.2, 0) is 18.9 Å². The summed E-state index contributed by atoms with van der Waals surface area (Å²) in [6, 6.07) is 3.41. The summed E-state index contributed by atoms with van der Waals surface area (Å²) in [5, 5.41) is 23.2. The first kappa shape index (κ1) is 28.2. The van der Waals surface area contributed by atoms with E-state index in [1.807, 2.05) is 26.8 Å². The molecule has 0 aromatic carbocycles. The molecule has 8 nitrogen and oxygen atoms in total. The van der Waals surface area contributed by atoms with Crippen molar-refractivity contribution < 1.29 is 33.6 Å². The molecule has 41 heavy (non-hydrogen) atoms. The third-order valence-corrected chi connectivity index (χ3v) is 12.3. The van der Waals surface area contributed by atoms with Crippen molar-refractivity contribution in [1.82, 2.24) is 0 Å². The highest BCUT2D eigenvalue weighted by molar-refractivity contribution is 5.31. The lowest BCUT2D eigenvalue weighted by Crippen LogP contribution is -2.60. The van der Waals surface area contributed by atoms with Gasteiger partial charge in [-0.3, -0.25) is 0 Å². The second-order valence-corrected chi connectivity index (χ2v) is 14.7. The Labute approximate surface area is 242 Å². The maximum absolute atomic E-state index is 12.5. The van der Waals surface area contributed by atoms with E-state index in [1.165, 1.54) is 11.6 Å². The van der Waals surface area contributed by atoms with Gasteiger partial charge >= 0.3 is 5.63 Å². The van der Waals surface area contributed by atoms with Crippen LogP contribution >= 0.6 is 0 Å². The molecule has 3 heterocycles. The van der Waals surface area contributed by atoms with Gasteiger partial charge < -0.3 is 33.6 Å². The molecule has 0 amide bonds. The third-order valence-electron chi connectivity index (χ3n) is 12.3. The molecule has 4 aliphatic carbocycles. The molecule has 2 aliphatic heterocycles. The van der Waals surface area contributed by atoms with Crippen LogP contribution in [0.1, 0.15) is 97.5 Å². The van der Waals surface area contributed by atoms with Crippen LogP contribution in [0.15, 0.2) is 39.3 Å². The second kappa shape index (κ2) is 9.47. The van der Waals surface area contributed by atoms with Gasteiger partial charge in [0.05, 0.1) is 24.1 Å². The summed E-state index contributed by atoms with van der Waals surface area (Å²) in [4.78, 5) is 11.6. The molecule has 5 fully saturated rings. The number of aliphatic hydroxyl groups excluding tert-OH is 1. The summed E-state index contributed by atoms with van der Waals surface area (Å²) in [6.45, 7) is 10.3. The molecule has 3 saturated carbocycles. The molecule has 7 rings (SSSR count). The SMILES string of the molecule is C[C@@H]1O[C@@H](O[C@@H]2C=C3CC[C@@H]4[C@H](CC[C@]5(C)[C@@H](c6ccc(=O)oc6)CC[C@]45O)[C@@]3(C)CC2)[C@@H]2OC(C)(C)O[C@@H]2[C@H]1O. The summed E-state index contributed by atoms with van der Waals surface area (Å²) in [7, 11) is 0. The van der Waals surface area contributed by atoms with Gasteiger partial charge in [-0.15, -0.1) is 0 Å². The van der Waals surface area contributed by atoms with E-state index in [-0.39, 0.29) is 34.4 Å². The molecule has 2 N–H and O–H groups in total. The highest BCUT2D eigenvalue weighted by Crippen LogP contribution is 2.70. The molecule has 0 bridgehead atoms. The zero-order valence-corrected chi connectivity index (χ0v) is 25.0. The van der Waals surface area contributed by atoms with Gasteiger partial charge in [0.25, 0.3) is 0 Å². The molecule has 0 spiro atoms. The number of ether oxygens (including phenoxy) is 4. The molecule has 1 aromatic heterocycles. The van der Waals surface area contributed by atoms with Crippen LogP contribution in [0.3, 0.4) is 0 Å². The minimum absolute atomic E-state index is 0.0336. The molecule has 1 aromatic rings. The van der Waals surface area contributed by atoms with Gasteiger partial charge in [0, 0.05) is 11.5 Å². The molecule has 12 atom stereocenters. The van der Waals surface area contributed by atoms with E-state index in [9.17, 15) is 15.0 Å². The van der Waals surface area contributed by atoms with Crippen LogP contribution in [0.25, 0.3) is 0 Å². The van der Waals surface area contributed by atoms with E-state index in [2.05, 4.69) is 19.9 Å². The van der Waals surface area contributed by atoms with E-state index in [0.717, 1.165) is 56.9 Å². The minimum atomic E-state index is -0.795. The smallest absolute Gasteiger partial charge is 0.335 e. The Morgan fingerprint density at radius 1 is 0.951 bits per heavy atom. The van der Waals surface area contributed by atoms with Crippen LogP contribution < -0.4 is 5.63 Å². The summed E-state index contributed by atoms with van der Waals surface area (Å²) < 4.78 is 30.1. The number of allylic oxidation sites excluding steroid dienone is 1. The lowest BCUT2D eigenvalue weighted by Gasteiger charge is -2.62. The molecule has 0 radical (unpaired) electrons. The number of aliphatic hydroxyl groups is 2. The van der Waals surface area contributed by atoms with Gasteiger partial charge in [0.2, 0.25) is 0 Å². The van der Waals surface area contributed by atoms with Crippen molar-refractivity contribution >= 4 is 0 Å². The lowest BCUT2D eigenvalue weighted by molar-refractivity contribution is -0.281. The molecule has 8 heteroatoms. The fourth-order valence-electron chi connectivity index (χ4n) is 10.1. The number of hydrogen-bond donors (Lipinski definition) is 2. The zero-order chi connectivity index (χ0) is 28.9. The van der Waals surface area contributed by atoms with Crippen LogP contribution in [0, 0.1) is 22.7 Å². The van der Waals surface area contributed by atoms with E-state index in [4.69, 9.17) is 23.4 Å². The van der Waals surface area contributed by atoms with Crippen molar-refractivity contribution in [1.29, 1.82) is 0 Å². The number of hydrogen-bond acceptors (Lipinski definition) is 8. The van der Waals surface area contributed by atoms with Crippen molar-refractivity contribution in [3.8, 4) is 0 Å². The molecule has 0 unspecified atom stereocenters. The molecular formula is C33H46O8. The van der Waals surface area contributed by atoms with Crippen molar-refractivity contribution in [3.05, 3.63) is 46.0 Å². The molecule has 226 valence electrons. The summed E-state index contributed by atoms with van der Waals surface area (Å²) in [6.07, 6.45) is 8.70. The summed E-state index contributed by atoms with van der Waals surface area (Å²) in [5.41, 5.74) is 1.23. The van der Waals surface area contributed by atoms with E-state index >= 15 is 0 Å². The van der Waals surface area contributed by atoms with Crippen LogP contribution in [-0.4, -0.2) is 58.4 Å². The Hall–Kier alpha value is -1.55. The Morgan fingerprint density at radius 3 is 2.49 bits per heavy atom. The van der Waals surface area contributed by atoms with Crippen molar-refractivity contribution in [2.24, 2.45) is 22.7 Å². The first-order chi connectivity index (χ1) is 19.3. The predicted octanol–water partition coefficient (Wildman–Crippen LogP) is 4.81. The van der Waals surface area contributed by atoms with E-state index in [1.54, 1.807) is 6.26 Å². The Balaban J connectivity index is 1.10. The molecule has 2 saturated heterocycles. The number of fused-ring (bicyclic) bond motifs is 6. The molecule has 6 aliphatic rings. The first-order valence-electron chi connectivity index (χ1n) is 15.7. The minimum Gasteiger partial charge on any atom is -0.431 e. The number of rotatable bonds is 3. The van der Waals surface area contributed by atoms with Crippen molar-refractivity contribution in [3.63, 3.8) is 0 Å². The normalized spacial score (nSPS) is 50.3. The van der Waals surface area contributed by atoms with Crippen LogP contribution in [0.2, 0.25) is 0 Å². The third kappa shape index (κ3) is 4.19. The average Bonchev–Trinajstić information content (AvgIpc) is 3.40. The van der Waals surface area contributed by atoms with Crippen molar-refractivity contribution in [2.45, 2.75) is 140 Å². The highest BCUT2D eigenvalue weighted by atomic mass is 16.8. The first-order valence-corrected chi connectivity index (χ1v) is 15.7. The fourth-order valence-corrected chi connectivity index (χ4v) is 10.1. The zero-order valence-electron chi connectivity index (χ0n) is 25.0. The van der Waals surface area contributed by atoms with Gasteiger partial charge in [-0.25, -0.2) is 4.79 Å². The monoisotopic (exact) mass is 570 g/mol. The maximum Gasteiger partial charge on any atom is 0.335 e. The highest BCUT2D eigenvalue weighted by Gasteiger charge is 2.67. The van der Waals surface area contributed by atoms with Crippen LogP contribution in [0.4, 0.5) is 0 Å². The predicted molar refractivity (Wildman–Crippen MR) is 150 cm³/mol. The molecular weight excluding hydrogens is 524 g/mol. The van der Waals surface area contributed by atoms with Gasteiger partial charge in [0.15, 0.2) is 12.1 Å². The van der Waals surface area contributed by atoms with E-state index < -0.39 is 42.1 Å². The Bertz CT molecular complexity index is 1250. The van der Waals surface area contributed by atoms with Gasteiger partial charge in [-0.2, -0.15) is 0 Å².